The van der Waals surface area contributed by atoms with E-state index in [9.17, 15) is 4.79 Å². The fraction of sp³-hybridized carbons (Fsp3) is 0.125. The first-order chi connectivity index (χ1) is 10.5. The van der Waals surface area contributed by atoms with E-state index in [1.54, 1.807) is 37.4 Å². The van der Waals surface area contributed by atoms with E-state index >= 15 is 0 Å². The van der Waals surface area contributed by atoms with Crippen LogP contribution in [0, 0.1) is 3.57 Å². The molecule has 0 saturated heterocycles. The van der Waals surface area contributed by atoms with Gasteiger partial charge in [0.25, 0.3) is 5.91 Å². The molecule has 0 aromatic heterocycles. The fourth-order valence-corrected chi connectivity index (χ4v) is 2.31. The second-order valence-electron chi connectivity index (χ2n) is 4.50. The molecule has 0 saturated carbocycles. The SMILES string of the molecule is C[C@H](Oc1ccc(Cl)cc1)C(=O)NN=Cc1cccc(I)c1. The van der Waals surface area contributed by atoms with Gasteiger partial charge < -0.3 is 4.74 Å². The topological polar surface area (TPSA) is 50.7 Å². The lowest BCUT2D eigenvalue weighted by atomic mass is 10.2. The highest BCUT2D eigenvalue weighted by molar-refractivity contribution is 14.1. The Balaban J connectivity index is 1.87. The van der Waals surface area contributed by atoms with E-state index in [1.165, 1.54) is 0 Å². The average molecular weight is 429 g/mol. The van der Waals surface area contributed by atoms with Crippen molar-refractivity contribution in [2.24, 2.45) is 5.10 Å². The molecule has 1 N–H and O–H groups in total. The summed E-state index contributed by atoms with van der Waals surface area (Å²) in [5, 5.41) is 4.55. The molecule has 0 aliphatic rings. The molecule has 6 heteroatoms. The maximum Gasteiger partial charge on any atom is 0.280 e. The van der Waals surface area contributed by atoms with Gasteiger partial charge in [0.05, 0.1) is 6.21 Å². The van der Waals surface area contributed by atoms with Gasteiger partial charge in [0.15, 0.2) is 6.10 Å². The molecule has 2 aromatic carbocycles. The Kier molecular flexibility index (Phi) is 6.21. The lowest BCUT2D eigenvalue weighted by Crippen LogP contribution is -2.33. The minimum atomic E-state index is -0.658. The van der Waals surface area contributed by atoms with Crippen molar-refractivity contribution in [2.75, 3.05) is 0 Å². The number of carbonyl (C=O) groups excluding carboxylic acids is 1. The summed E-state index contributed by atoms with van der Waals surface area (Å²) in [6, 6.07) is 14.6. The largest absolute Gasteiger partial charge is 0.481 e. The zero-order valence-electron chi connectivity index (χ0n) is 11.8. The molecule has 0 aliphatic heterocycles. The van der Waals surface area contributed by atoms with Gasteiger partial charge in [0.1, 0.15) is 5.75 Å². The van der Waals surface area contributed by atoms with Crippen molar-refractivity contribution in [1.82, 2.24) is 5.43 Å². The Hall–Kier alpha value is -1.60. The Morgan fingerprint density at radius 3 is 2.73 bits per heavy atom. The van der Waals surface area contributed by atoms with Gasteiger partial charge in [-0.25, -0.2) is 5.43 Å². The predicted molar refractivity (Wildman–Crippen MR) is 96.4 cm³/mol. The number of benzene rings is 2. The first-order valence-corrected chi connectivity index (χ1v) is 8.01. The first-order valence-electron chi connectivity index (χ1n) is 6.55. The van der Waals surface area contributed by atoms with Gasteiger partial charge in [-0.05, 0) is 71.5 Å². The van der Waals surface area contributed by atoms with Gasteiger partial charge in [-0.3, -0.25) is 4.79 Å². The number of halogens is 2. The molecular weight excluding hydrogens is 415 g/mol. The molecule has 1 amide bonds. The van der Waals surface area contributed by atoms with Crippen molar-refractivity contribution in [2.45, 2.75) is 13.0 Å². The number of nitrogens with one attached hydrogen (secondary N) is 1. The normalized spacial score (nSPS) is 12.1. The number of nitrogens with zero attached hydrogens (tertiary/aromatic N) is 1. The van der Waals surface area contributed by atoms with Gasteiger partial charge in [-0.15, -0.1) is 0 Å². The van der Waals surface area contributed by atoms with Gasteiger partial charge in [0.2, 0.25) is 0 Å². The summed E-state index contributed by atoms with van der Waals surface area (Å²) in [7, 11) is 0. The maximum atomic E-state index is 11.9. The molecule has 0 bridgehead atoms. The number of rotatable bonds is 5. The molecule has 2 aromatic rings. The number of hydrogen-bond donors (Lipinski definition) is 1. The maximum absolute atomic E-state index is 11.9. The molecule has 0 fully saturated rings. The van der Waals surface area contributed by atoms with Crippen LogP contribution in [0.15, 0.2) is 53.6 Å². The van der Waals surface area contributed by atoms with Gasteiger partial charge in [0, 0.05) is 8.59 Å². The van der Waals surface area contributed by atoms with E-state index < -0.39 is 6.10 Å². The summed E-state index contributed by atoms with van der Waals surface area (Å²) in [6.07, 6.45) is 0.934. The summed E-state index contributed by atoms with van der Waals surface area (Å²) in [5.41, 5.74) is 3.37. The second kappa shape index (κ2) is 8.14. The molecule has 0 heterocycles. The third-order valence-corrected chi connectivity index (χ3v) is 3.66. The summed E-state index contributed by atoms with van der Waals surface area (Å²) < 4.78 is 6.61. The highest BCUT2D eigenvalue weighted by Crippen LogP contribution is 2.16. The summed E-state index contributed by atoms with van der Waals surface area (Å²) in [5.74, 6) is 0.255. The number of hydrogen-bond acceptors (Lipinski definition) is 3. The third-order valence-electron chi connectivity index (χ3n) is 2.73. The lowest BCUT2D eigenvalue weighted by molar-refractivity contribution is -0.127. The monoisotopic (exact) mass is 428 g/mol. The first kappa shape index (κ1) is 16.8. The summed E-state index contributed by atoms with van der Waals surface area (Å²) in [4.78, 5) is 11.9. The fourth-order valence-electron chi connectivity index (χ4n) is 1.62. The highest BCUT2D eigenvalue weighted by Gasteiger charge is 2.13. The molecular formula is C16H14ClIN2O2. The third kappa shape index (κ3) is 5.31. The minimum Gasteiger partial charge on any atom is -0.481 e. The van der Waals surface area contributed by atoms with Crippen LogP contribution >= 0.6 is 34.2 Å². The van der Waals surface area contributed by atoms with Crippen LogP contribution in [0.5, 0.6) is 5.75 Å². The molecule has 1 atom stereocenters. The van der Waals surface area contributed by atoms with E-state index in [-0.39, 0.29) is 5.91 Å². The van der Waals surface area contributed by atoms with Crippen LogP contribution < -0.4 is 10.2 Å². The Labute approximate surface area is 147 Å². The van der Waals surface area contributed by atoms with Gasteiger partial charge >= 0.3 is 0 Å². The zero-order valence-corrected chi connectivity index (χ0v) is 14.7. The summed E-state index contributed by atoms with van der Waals surface area (Å²) in [6.45, 7) is 1.66. The van der Waals surface area contributed by atoms with Crippen LogP contribution in [0.3, 0.4) is 0 Å². The van der Waals surface area contributed by atoms with Crippen molar-refractivity contribution in [3.8, 4) is 5.75 Å². The van der Waals surface area contributed by atoms with Crippen LogP contribution in [0.2, 0.25) is 5.02 Å². The molecule has 0 unspecified atom stereocenters. The van der Waals surface area contributed by atoms with Crippen LogP contribution in [-0.4, -0.2) is 18.2 Å². The van der Waals surface area contributed by atoms with Gasteiger partial charge in [-0.2, -0.15) is 5.10 Å². The molecule has 114 valence electrons. The van der Waals surface area contributed by atoms with E-state index in [0.29, 0.717) is 10.8 Å². The van der Waals surface area contributed by atoms with Crippen molar-refractivity contribution >= 4 is 46.3 Å². The van der Waals surface area contributed by atoms with Crippen molar-refractivity contribution in [3.05, 3.63) is 62.7 Å². The van der Waals surface area contributed by atoms with Crippen molar-refractivity contribution in [3.63, 3.8) is 0 Å². The molecule has 0 aliphatic carbocycles. The molecule has 2 rings (SSSR count). The van der Waals surface area contributed by atoms with E-state index in [2.05, 4.69) is 33.1 Å². The van der Waals surface area contributed by atoms with Crippen molar-refractivity contribution < 1.29 is 9.53 Å². The smallest absolute Gasteiger partial charge is 0.280 e. The second-order valence-corrected chi connectivity index (χ2v) is 6.19. The Morgan fingerprint density at radius 1 is 1.32 bits per heavy atom. The number of ether oxygens (including phenoxy) is 1. The lowest BCUT2D eigenvalue weighted by Gasteiger charge is -2.12. The highest BCUT2D eigenvalue weighted by atomic mass is 127. The Morgan fingerprint density at radius 2 is 2.05 bits per heavy atom. The predicted octanol–water partition coefficient (Wildman–Crippen LogP) is 3.86. The van der Waals surface area contributed by atoms with Crippen LogP contribution in [0.4, 0.5) is 0 Å². The van der Waals surface area contributed by atoms with E-state index in [1.807, 2.05) is 24.3 Å². The van der Waals surface area contributed by atoms with Gasteiger partial charge in [-0.1, -0.05) is 23.7 Å². The standard InChI is InChI=1S/C16H14ClIN2O2/c1-11(22-15-7-5-13(17)6-8-15)16(21)20-19-10-12-3-2-4-14(18)9-12/h2-11H,1H3,(H,20,21)/t11-/m0/s1. The van der Waals surface area contributed by atoms with Crippen LogP contribution in [0.25, 0.3) is 0 Å². The number of hydrazone groups is 1. The quantitative estimate of drug-likeness (QED) is 0.447. The summed E-state index contributed by atoms with van der Waals surface area (Å²) >= 11 is 8.01. The number of carbonyl (C=O) groups is 1. The van der Waals surface area contributed by atoms with Crippen LogP contribution in [0.1, 0.15) is 12.5 Å². The molecule has 22 heavy (non-hydrogen) atoms. The minimum absolute atomic E-state index is 0.322. The van der Waals surface area contributed by atoms with E-state index in [0.717, 1.165) is 9.13 Å². The van der Waals surface area contributed by atoms with E-state index in [4.69, 9.17) is 16.3 Å². The average Bonchev–Trinajstić information content (AvgIpc) is 2.49. The van der Waals surface area contributed by atoms with Crippen LogP contribution in [-0.2, 0) is 4.79 Å². The number of amides is 1. The Bertz CT molecular complexity index is 674. The van der Waals surface area contributed by atoms with Crippen molar-refractivity contribution in [1.29, 1.82) is 0 Å². The molecule has 0 spiro atoms. The molecule has 4 nitrogen and oxygen atoms in total. The zero-order chi connectivity index (χ0) is 15.9. The molecule has 0 radical (unpaired) electrons.